The van der Waals surface area contributed by atoms with Gasteiger partial charge in [-0.05, 0) is 18.4 Å². The van der Waals surface area contributed by atoms with Gasteiger partial charge in [-0.25, -0.2) is 4.98 Å². The maximum Gasteiger partial charge on any atom is 0.0948 e. The highest BCUT2D eigenvalue weighted by atomic mass is 15.2. The number of nitrogens with zero attached hydrogens (tertiary/aromatic N) is 5. The molecule has 2 rings (SSSR count). The third-order valence-electron chi connectivity index (χ3n) is 2.80. The van der Waals surface area contributed by atoms with Crippen LogP contribution in [0.2, 0.25) is 0 Å². The Morgan fingerprint density at radius 1 is 1.43 bits per heavy atom. The lowest BCUT2D eigenvalue weighted by molar-refractivity contribution is 0.305. The third-order valence-corrected chi connectivity index (χ3v) is 2.80. The summed E-state index contributed by atoms with van der Waals surface area (Å²) in [6.45, 7) is 0. The second-order valence-electron chi connectivity index (χ2n) is 3.63. The number of azide groups is 1. The zero-order valence-electron chi connectivity index (χ0n) is 7.95. The zero-order valence-corrected chi connectivity index (χ0v) is 7.95. The Hall–Kier alpha value is -1.48. The Labute approximate surface area is 82.4 Å². The Morgan fingerprint density at radius 3 is 3.00 bits per heavy atom. The van der Waals surface area contributed by atoms with Crippen LogP contribution < -0.4 is 0 Å². The van der Waals surface area contributed by atoms with Crippen molar-refractivity contribution in [3.05, 3.63) is 29.2 Å². The standard InChI is InChI=1S/C9H13N5/c10-13-12-8-3-1-2-4-9(8)14-6-5-11-7-14/h5-9H,1-4H2. The fraction of sp³-hybridized carbons (Fsp3) is 0.667. The fourth-order valence-corrected chi connectivity index (χ4v) is 2.11. The summed E-state index contributed by atoms with van der Waals surface area (Å²) in [7, 11) is 0. The number of hydrogen-bond acceptors (Lipinski definition) is 2. The Kier molecular flexibility index (Phi) is 2.70. The summed E-state index contributed by atoms with van der Waals surface area (Å²) in [6, 6.07) is 0.407. The monoisotopic (exact) mass is 191 g/mol. The number of aromatic nitrogens is 2. The van der Waals surface area contributed by atoms with Gasteiger partial charge in [-0.3, -0.25) is 0 Å². The molecular weight excluding hydrogens is 178 g/mol. The van der Waals surface area contributed by atoms with Crippen molar-refractivity contribution >= 4 is 0 Å². The largest absolute Gasteiger partial charge is 0.334 e. The SMILES string of the molecule is [N-]=[N+]=NC1CCCCC1n1ccnc1. The molecule has 74 valence electrons. The summed E-state index contributed by atoms with van der Waals surface area (Å²) >= 11 is 0. The highest BCUT2D eigenvalue weighted by Gasteiger charge is 2.24. The van der Waals surface area contributed by atoms with E-state index >= 15 is 0 Å². The van der Waals surface area contributed by atoms with Gasteiger partial charge in [0.1, 0.15) is 0 Å². The lowest BCUT2D eigenvalue weighted by atomic mass is 9.91. The van der Waals surface area contributed by atoms with Gasteiger partial charge in [-0.2, -0.15) is 0 Å². The molecule has 0 amide bonds. The van der Waals surface area contributed by atoms with Gasteiger partial charge in [-0.15, -0.1) is 0 Å². The van der Waals surface area contributed by atoms with Crippen molar-refractivity contribution in [1.82, 2.24) is 9.55 Å². The summed E-state index contributed by atoms with van der Waals surface area (Å²) in [5, 5.41) is 3.85. The molecule has 0 saturated heterocycles. The Balaban J connectivity index is 2.18. The summed E-state index contributed by atoms with van der Waals surface area (Å²) in [6.07, 6.45) is 9.95. The van der Waals surface area contributed by atoms with Gasteiger partial charge in [0.25, 0.3) is 0 Å². The first-order valence-corrected chi connectivity index (χ1v) is 4.93. The van der Waals surface area contributed by atoms with Crippen molar-refractivity contribution in [2.75, 3.05) is 0 Å². The van der Waals surface area contributed by atoms with Crippen LogP contribution in [-0.2, 0) is 0 Å². The minimum atomic E-state index is 0.1000. The van der Waals surface area contributed by atoms with E-state index in [0.717, 1.165) is 19.3 Å². The topological polar surface area (TPSA) is 66.6 Å². The molecule has 0 bridgehead atoms. The van der Waals surface area contributed by atoms with E-state index in [1.165, 1.54) is 6.42 Å². The smallest absolute Gasteiger partial charge is 0.0948 e. The van der Waals surface area contributed by atoms with Gasteiger partial charge in [0.05, 0.1) is 12.4 Å². The van der Waals surface area contributed by atoms with Crippen molar-refractivity contribution in [1.29, 1.82) is 0 Å². The molecule has 0 aliphatic heterocycles. The molecule has 0 N–H and O–H groups in total. The molecule has 1 saturated carbocycles. The fourth-order valence-electron chi connectivity index (χ4n) is 2.11. The number of rotatable bonds is 2. The van der Waals surface area contributed by atoms with E-state index in [0.29, 0.717) is 6.04 Å². The molecule has 14 heavy (non-hydrogen) atoms. The molecule has 5 nitrogen and oxygen atoms in total. The number of hydrogen-bond donors (Lipinski definition) is 0. The van der Waals surface area contributed by atoms with Crippen molar-refractivity contribution in [3.63, 3.8) is 0 Å². The number of imidazole rings is 1. The van der Waals surface area contributed by atoms with Gasteiger partial charge < -0.3 is 4.57 Å². The normalized spacial score (nSPS) is 26.9. The summed E-state index contributed by atoms with van der Waals surface area (Å²) in [4.78, 5) is 6.93. The van der Waals surface area contributed by atoms with Gasteiger partial charge >= 0.3 is 0 Å². The predicted octanol–water partition coefficient (Wildman–Crippen LogP) is 2.68. The van der Waals surface area contributed by atoms with Crippen molar-refractivity contribution < 1.29 is 0 Å². The second-order valence-corrected chi connectivity index (χ2v) is 3.63. The molecule has 1 aromatic heterocycles. The van der Waals surface area contributed by atoms with Crippen LogP contribution in [0.4, 0.5) is 0 Å². The molecule has 1 aliphatic rings. The van der Waals surface area contributed by atoms with E-state index in [9.17, 15) is 0 Å². The molecule has 0 radical (unpaired) electrons. The molecule has 0 spiro atoms. The van der Waals surface area contributed by atoms with Gasteiger partial charge in [-0.1, -0.05) is 18.0 Å². The van der Waals surface area contributed by atoms with Crippen molar-refractivity contribution in [2.24, 2.45) is 5.11 Å². The van der Waals surface area contributed by atoms with Crippen LogP contribution in [0.15, 0.2) is 23.8 Å². The molecule has 1 heterocycles. The molecule has 5 heteroatoms. The quantitative estimate of drug-likeness (QED) is 0.402. The highest BCUT2D eigenvalue weighted by molar-refractivity contribution is 4.90. The van der Waals surface area contributed by atoms with Crippen LogP contribution in [0.5, 0.6) is 0 Å². The maximum atomic E-state index is 8.47. The van der Waals surface area contributed by atoms with Gasteiger partial charge in [0, 0.05) is 23.3 Å². The van der Waals surface area contributed by atoms with Crippen LogP contribution in [-0.4, -0.2) is 15.6 Å². The predicted molar refractivity (Wildman–Crippen MR) is 52.7 cm³/mol. The first kappa shape index (κ1) is 9.09. The molecule has 1 aliphatic carbocycles. The molecule has 2 unspecified atom stereocenters. The van der Waals surface area contributed by atoms with E-state index in [1.807, 2.05) is 6.20 Å². The lowest BCUT2D eigenvalue weighted by Gasteiger charge is -2.28. The Bertz CT molecular complexity index is 325. The van der Waals surface area contributed by atoms with Crippen molar-refractivity contribution in [3.8, 4) is 0 Å². The summed E-state index contributed by atoms with van der Waals surface area (Å²) < 4.78 is 2.05. The molecule has 1 fully saturated rings. The zero-order chi connectivity index (χ0) is 9.80. The molecular formula is C9H13N5. The van der Waals surface area contributed by atoms with Gasteiger partial charge in [0.2, 0.25) is 0 Å². The van der Waals surface area contributed by atoms with Crippen LogP contribution in [0.1, 0.15) is 31.7 Å². The highest BCUT2D eigenvalue weighted by Crippen LogP contribution is 2.30. The summed E-state index contributed by atoms with van der Waals surface area (Å²) in [5.41, 5.74) is 8.47. The van der Waals surface area contributed by atoms with E-state index in [1.54, 1.807) is 12.5 Å². The van der Waals surface area contributed by atoms with Crippen LogP contribution in [0, 0.1) is 0 Å². The second kappa shape index (κ2) is 4.15. The molecule has 2 atom stereocenters. The van der Waals surface area contributed by atoms with Crippen molar-refractivity contribution in [2.45, 2.75) is 37.8 Å². The third kappa shape index (κ3) is 1.72. The van der Waals surface area contributed by atoms with E-state index in [-0.39, 0.29) is 6.04 Å². The molecule has 1 aromatic rings. The van der Waals surface area contributed by atoms with E-state index < -0.39 is 0 Å². The first-order chi connectivity index (χ1) is 6.92. The average molecular weight is 191 g/mol. The minimum absolute atomic E-state index is 0.1000. The Morgan fingerprint density at radius 2 is 2.29 bits per heavy atom. The van der Waals surface area contributed by atoms with Crippen LogP contribution in [0.3, 0.4) is 0 Å². The first-order valence-electron chi connectivity index (χ1n) is 4.93. The maximum absolute atomic E-state index is 8.47. The lowest BCUT2D eigenvalue weighted by Crippen LogP contribution is -2.25. The van der Waals surface area contributed by atoms with Crippen LogP contribution >= 0.6 is 0 Å². The van der Waals surface area contributed by atoms with Gasteiger partial charge in [0.15, 0.2) is 0 Å². The van der Waals surface area contributed by atoms with E-state index in [2.05, 4.69) is 19.6 Å². The minimum Gasteiger partial charge on any atom is -0.334 e. The van der Waals surface area contributed by atoms with E-state index in [4.69, 9.17) is 5.53 Å². The molecule has 0 aromatic carbocycles. The van der Waals surface area contributed by atoms with Crippen LogP contribution in [0.25, 0.3) is 10.4 Å². The average Bonchev–Trinajstić information content (AvgIpc) is 2.72. The summed E-state index contributed by atoms with van der Waals surface area (Å²) in [5.74, 6) is 0.